The third-order valence-electron chi connectivity index (χ3n) is 2.90. The predicted octanol–water partition coefficient (Wildman–Crippen LogP) is 2.02. The molecule has 0 saturated carbocycles. The molecule has 3 rings (SSSR count). The average molecular weight is 233 g/mol. The van der Waals surface area contributed by atoms with Crippen LogP contribution in [-0.4, -0.2) is 28.8 Å². The largest absolute Gasteiger partial charge is 0.341 e. The van der Waals surface area contributed by atoms with E-state index in [2.05, 4.69) is 27.4 Å². The quantitative estimate of drug-likeness (QED) is 0.849. The molecule has 0 atom stereocenters. The molecule has 0 amide bonds. The second kappa shape index (κ2) is 4.47. The minimum absolute atomic E-state index is 0.870. The zero-order valence-corrected chi connectivity index (χ0v) is 9.89. The number of aromatic nitrogens is 2. The molecule has 3 nitrogen and oxygen atoms in total. The van der Waals surface area contributed by atoms with E-state index < -0.39 is 0 Å². The van der Waals surface area contributed by atoms with Crippen LogP contribution >= 0.6 is 11.8 Å². The lowest BCUT2D eigenvalue weighted by molar-refractivity contribution is 0.385. The monoisotopic (exact) mass is 233 g/mol. The zero-order chi connectivity index (χ0) is 10.8. The Morgan fingerprint density at radius 3 is 2.94 bits per heavy atom. The van der Waals surface area contributed by atoms with Gasteiger partial charge in [-0.05, 0) is 36.9 Å². The van der Waals surface area contributed by atoms with E-state index in [1.165, 1.54) is 18.8 Å². The molecule has 0 spiro atoms. The molecule has 84 valence electrons. The van der Waals surface area contributed by atoms with Crippen LogP contribution < -0.4 is 5.32 Å². The molecule has 2 aromatic rings. The molecule has 0 radical (unpaired) electrons. The Morgan fingerprint density at radius 1 is 1.31 bits per heavy atom. The lowest BCUT2D eigenvalue weighted by atomic mass is 10.1. The van der Waals surface area contributed by atoms with Gasteiger partial charge in [-0.25, -0.2) is 4.98 Å². The first-order valence-electron chi connectivity index (χ1n) is 5.64. The van der Waals surface area contributed by atoms with Crippen molar-refractivity contribution in [2.75, 3.05) is 18.8 Å². The van der Waals surface area contributed by atoms with Gasteiger partial charge < -0.3 is 10.3 Å². The first kappa shape index (κ1) is 10.2. The number of hydrogen-bond acceptors (Lipinski definition) is 3. The molecule has 1 fully saturated rings. The fraction of sp³-hybridized carbons (Fsp3) is 0.417. The number of aromatic amines is 1. The molecule has 2 heterocycles. The highest BCUT2D eigenvalue weighted by Crippen LogP contribution is 2.18. The Morgan fingerprint density at radius 2 is 2.19 bits per heavy atom. The van der Waals surface area contributed by atoms with E-state index in [0.717, 1.165) is 28.5 Å². The fourth-order valence-corrected chi connectivity index (χ4v) is 2.88. The number of nitrogens with one attached hydrogen (secondary N) is 2. The van der Waals surface area contributed by atoms with Crippen molar-refractivity contribution in [1.82, 2.24) is 15.3 Å². The Bertz CT molecular complexity index is 443. The van der Waals surface area contributed by atoms with E-state index >= 15 is 0 Å². The average Bonchev–Trinajstić information content (AvgIpc) is 2.64. The van der Waals surface area contributed by atoms with Gasteiger partial charge in [0.25, 0.3) is 0 Å². The summed E-state index contributed by atoms with van der Waals surface area (Å²) < 4.78 is 0. The SMILES string of the molecule is c1ccc2[nH]c(CSCC3CNC3)nc2c1. The van der Waals surface area contributed by atoms with Crippen molar-refractivity contribution >= 4 is 22.8 Å². The van der Waals surface area contributed by atoms with Crippen LogP contribution in [0.3, 0.4) is 0 Å². The van der Waals surface area contributed by atoms with Gasteiger partial charge in [0.05, 0.1) is 16.8 Å². The maximum absolute atomic E-state index is 4.56. The van der Waals surface area contributed by atoms with E-state index in [1.54, 1.807) is 0 Å². The lowest BCUT2D eigenvalue weighted by Crippen LogP contribution is -2.43. The molecule has 1 aromatic heterocycles. The van der Waals surface area contributed by atoms with Gasteiger partial charge in [0, 0.05) is 0 Å². The van der Waals surface area contributed by atoms with Crippen LogP contribution in [0.5, 0.6) is 0 Å². The van der Waals surface area contributed by atoms with Crippen molar-refractivity contribution in [3.63, 3.8) is 0 Å². The van der Waals surface area contributed by atoms with E-state index in [9.17, 15) is 0 Å². The van der Waals surface area contributed by atoms with E-state index in [-0.39, 0.29) is 0 Å². The van der Waals surface area contributed by atoms with Crippen LogP contribution in [0.2, 0.25) is 0 Å². The van der Waals surface area contributed by atoms with Gasteiger partial charge >= 0.3 is 0 Å². The summed E-state index contributed by atoms with van der Waals surface area (Å²) in [6.45, 7) is 2.38. The van der Waals surface area contributed by atoms with Crippen molar-refractivity contribution in [3.05, 3.63) is 30.1 Å². The van der Waals surface area contributed by atoms with Gasteiger partial charge in [0.1, 0.15) is 5.82 Å². The predicted molar refractivity (Wildman–Crippen MR) is 68.6 cm³/mol. The standard InChI is InChI=1S/C12H15N3S/c1-2-4-11-10(3-1)14-12(15-11)8-16-7-9-5-13-6-9/h1-4,9,13H,5-8H2,(H,14,15). The Kier molecular flexibility index (Phi) is 2.84. The highest BCUT2D eigenvalue weighted by Gasteiger charge is 2.16. The summed E-state index contributed by atoms with van der Waals surface area (Å²) in [7, 11) is 0. The summed E-state index contributed by atoms with van der Waals surface area (Å²) in [4.78, 5) is 7.92. The molecule has 0 unspecified atom stereocenters. The number of rotatable bonds is 4. The topological polar surface area (TPSA) is 40.7 Å². The van der Waals surface area contributed by atoms with Crippen molar-refractivity contribution in [3.8, 4) is 0 Å². The number of thioether (sulfide) groups is 1. The maximum atomic E-state index is 4.56. The van der Waals surface area contributed by atoms with Crippen LogP contribution in [-0.2, 0) is 5.75 Å². The first-order chi connectivity index (χ1) is 7.92. The van der Waals surface area contributed by atoms with Gasteiger partial charge in [-0.1, -0.05) is 12.1 Å². The lowest BCUT2D eigenvalue weighted by Gasteiger charge is -2.26. The third-order valence-corrected chi connectivity index (χ3v) is 4.08. The minimum Gasteiger partial charge on any atom is -0.341 e. The molecule has 4 heteroatoms. The second-order valence-electron chi connectivity index (χ2n) is 4.24. The van der Waals surface area contributed by atoms with Gasteiger partial charge in [0.2, 0.25) is 0 Å². The molecule has 2 N–H and O–H groups in total. The summed E-state index contributed by atoms with van der Waals surface area (Å²) in [5, 5.41) is 3.29. The van der Waals surface area contributed by atoms with Gasteiger partial charge in [0.15, 0.2) is 0 Å². The van der Waals surface area contributed by atoms with Crippen molar-refractivity contribution in [2.24, 2.45) is 5.92 Å². The van der Waals surface area contributed by atoms with Crippen LogP contribution in [0.4, 0.5) is 0 Å². The van der Waals surface area contributed by atoms with Crippen molar-refractivity contribution < 1.29 is 0 Å². The van der Waals surface area contributed by atoms with E-state index in [1.807, 2.05) is 23.9 Å². The van der Waals surface area contributed by atoms with E-state index in [0.29, 0.717) is 0 Å². The summed E-state index contributed by atoms with van der Waals surface area (Å²) in [6, 6.07) is 8.19. The van der Waals surface area contributed by atoms with Crippen LogP contribution in [0.25, 0.3) is 11.0 Å². The normalized spacial score (nSPS) is 16.5. The van der Waals surface area contributed by atoms with Crippen molar-refractivity contribution in [2.45, 2.75) is 5.75 Å². The van der Waals surface area contributed by atoms with Crippen molar-refractivity contribution in [1.29, 1.82) is 0 Å². The number of nitrogens with zero attached hydrogens (tertiary/aromatic N) is 1. The Hall–Kier alpha value is -1.00. The number of H-pyrrole nitrogens is 1. The Labute approximate surface area is 99.0 Å². The molecule has 1 saturated heterocycles. The number of fused-ring (bicyclic) bond motifs is 1. The third kappa shape index (κ3) is 2.08. The second-order valence-corrected chi connectivity index (χ2v) is 5.27. The summed E-state index contributed by atoms with van der Waals surface area (Å²) in [5.74, 6) is 4.20. The number of imidazole rings is 1. The molecule has 1 aliphatic heterocycles. The van der Waals surface area contributed by atoms with Crippen LogP contribution in [0.15, 0.2) is 24.3 Å². The summed E-state index contributed by atoms with van der Waals surface area (Å²) >= 11 is 1.97. The molecule has 16 heavy (non-hydrogen) atoms. The summed E-state index contributed by atoms with van der Waals surface area (Å²) in [5.41, 5.74) is 2.21. The van der Waals surface area contributed by atoms with Crippen LogP contribution in [0, 0.1) is 5.92 Å². The molecular weight excluding hydrogens is 218 g/mol. The summed E-state index contributed by atoms with van der Waals surface area (Å²) in [6.07, 6.45) is 0. The van der Waals surface area contributed by atoms with Gasteiger partial charge in [-0.15, -0.1) is 0 Å². The highest BCUT2D eigenvalue weighted by molar-refractivity contribution is 7.98. The number of benzene rings is 1. The first-order valence-corrected chi connectivity index (χ1v) is 6.79. The molecular formula is C12H15N3S. The Balaban J connectivity index is 1.60. The minimum atomic E-state index is 0.870. The molecule has 0 bridgehead atoms. The van der Waals surface area contributed by atoms with Gasteiger partial charge in [-0.2, -0.15) is 11.8 Å². The molecule has 0 aliphatic carbocycles. The fourth-order valence-electron chi connectivity index (χ4n) is 1.86. The molecule has 1 aromatic carbocycles. The van der Waals surface area contributed by atoms with Gasteiger partial charge in [-0.3, -0.25) is 0 Å². The van der Waals surface area contributed by atoms with Crippen LogP contribution in [0.1, 0.15) is 5.82 Å². The van der Waals surface area contributed by atoms with E-state index in [4.69, 9.17) is 0 Å². The number of hydrogen-bond donors (Lipinski definition) is 2. The molecule has 1 aliphatic rings. The maximum Gasteiger partial charge on any atom is 0.117 e. The number of para-hydroxylation sites is 2. The smallest absolute Gasteiger partial charge is 0.117 e. The highest BCUT2D eigenvalue weighted by atomic mass is 32.2. The zero-order valence-electron chi connectivity index (χ0n) is 9.07.